The van der Waals surface area contributed by atoms with Crippen LogP contribution < -0.4 is 11.3 Å². The van der Waals surface area contributed by atoms with Gasteiger partial charge in [-0.15, -0.1) is 5.10 Å². The zero-order valence-electron chi connectivity index (χ0n) is 8.50. The van der Waals surface area contributed by atoms with Crippen molar-refractivity contribution in [1.82, 2.24) is 20.4 Å². The summed E-state index contributed by atoms with van der Waals surface area (Å²) in [5.74, 6) is 4.54. The summed E-state index contributed by atoms with van der Waals surface area (Å²) in [6, 6.07) is 9.78. The Morgan fingerprint density at radius 2 is 2.12 bits per heavy atom. The fraction of sp³-hybridized carbons (Fsp3) is 0.100. The molecular formula is C10H11N5O. The van der Waals surface area contributed by atoms with Crippen molar-refractivity contribution in [3.63, 3.8) is 0 Å². The monoisotopic (exact) mass is 217 g/mol. The predicted octanol–water partition coefficient (Wildman–Crippen LogP) is -0.0701. The first-order chi connectivity index (χ1) is 7.79. The van der Waals surface area contributed by atoms with Crippen molar-refractivity contribution in [1.29, 1.82) is 0 Å². The highest BCUT2D eigenvalue weighted by atomic mass is 16.2. The molecule has 0 spiro atoms. The molecule has 0 saturated heterocycles. The first kappa shape index (κ1) is 10.3. The van der Waals surface area contributed by atoms with E-state index in [1.165, 1.54) is 0 Å². The Bertz CT molecular complexity index is 479. The molecule has 6 nitrogen and oxygen atoms in total. The van der Waals surface area contributed by atoms with E-state index < -0.39 is 5.91 Å². The van der Waals surface area contributed by atoms with Crippen LogP contribution in [0.15, 0.2) is 36.5 Å². The summed E-state index contributed by atoms with van der Waals surface area (Å²) >= 11 is 0. The van der Waals surface area contributed by atoms with Crippen molar-refractivity contribution < 1.29 is 4.79 Å². The number of hydrazine groups is 1. The Morgan fingerprint density at radius 3 is 2.81 bits per heavy atom. The van der Waals surface area contributed by atoms with Crippen molar-refractivity contribution in [2.75, 3.05) is 0 Å². The van der Waals surface area contributed by atoms with E-state index in [1.807, 2.05) is 35.8 Å². The van der Waals surface area contributed by atoms with Crippen LogP contribution in [0.5, 0.6) is 0 Å². The Morgan fingerprint density at radius 1 is 1.38 bits per heavy atom. The van der Waals surface area contributed by atoms with Gasteiger partial charge in [-0.3, -0.25) is 10.2 Å². The molecule has 0 aliphatic carbocycles. The van der Waals surface area contributed by atoms with Crippen LogP contribution in [-0.2, 0) is 6.54 Å². The first-order valence-electron chi connectivity index (χ1n) is 4.74. The van der Waals surface area contributed by atoms with E-state index in [0.717, 1.165) is 5.56 Å². The number of carbonyl (C=O) groups is 1. The zero-order chi connectivity index (χ0) is 11.4. The number of hydrogen-bond acceptors (Lipinski definition) is 4. The molecule has 6 heteroatoms. The second-order valence-corrected chi connectivity index (χ2v) is 3.26. The van der Waals surface area contributed by atoms with Gasteiger partial charge in [-0.25, -0.2) is 10.5 Å². The third-order valence-corrected chi connectivity index (χ3v) is 2.09. The summed E-state index contributed by atoms with van der Waals surface area (Å²) in [5, 5.41) is 7.53. The van der Waals surface area contributed by atoms with Gasteiger partial charge >= 0.3 is 0 Å². The Labute approximate surface area is 92.0 Å². The smallest absolute Gasteiger partial charge is 0.287 e. The summed E-state index contributed by atoms with van der Waals surface area (Å²) in [6.07, 6.45) is 1.55. The number of hydrogen-bond donors (Lipinski definition) is 2. The van der Waals surface area contributed by atoms with Gasteiger partial charge in [0.1, 0.15) is 0 Å². The van der Waals surface area contributed by atoms with E-state index in [4.69, 9.17) is 5.84 Å². The van der Waals surface area contributed by atoms with Gasteiger partial charge in [-0.2, -0.15) is 0 Å². The second-order valence-electron chi connectivity index (χ2n) is 3.26. The molecule has 0 bridgehead atoms. The van der Waals surface area contributed by atoms with Gasteiger partial charge in [0.2, 0.25) is 0 Å². The lowest BCUT2D eigenvalue weighted by Gasteiger charge is -1.99. The number of amides is 1. The number of nitrogens with two attached hydrogens (primary N) is 1. The summed E-state index contributed by atoms with van der Waals surface area (Å²) < 4.78 is 1.58. The van der Waals surface area contributed by atoms with Crippen LogP contribution in [0.4, 0.5) is 0 Å². The summed E-state index contributed by atoms with van der Waals surface area (Å²) in [7, 11) is 0. The van der Waals surface area contributed by atoms with Gasteiger partial charge in [0.25, 0.3) is 5.91 Å². The number of nitrogens with zero attached hydrogens (tertiary/aromatic N) is 3. The number of nitrogens with one attached hydrogen (secondary N) is 1. The number of benzene rings is 1. The number of rotatable bonds is 3. The van der Waals surface area contributed by atoms with Gasteiger partial charge in [-0.05, 0) is 5.56 Å². The van der Waals surface area contributed by atoms with Crippen molar-refractivity contribution in [2.45, 2.75) is 6.54 Å². The minimum absolute atomic E-state index is 0.207. The average molecular weight is 217 g/mol. The molecule has 0 radical (unpaired) electrons. The van der Waals surface area contributed by atoms with Crippen molar-refractivity contribution in [3.8, 4) is 0 Å². The standard InChI is InChI=1S/C10H11N5O/c11-12-10(16)9-7-15(14-13-9)6-8-4-2-1-3-5-8/h1-5,7H,6,11H2,(H,12,16). The second kappa shape index (κ2) is 4.54. The maximum Gasteiger partial charge on any atom is 0.287 e. The van der Waals surface area contributed by atoms with E-state index in [2.05, 4.69) is 10.3 Å². The highest BCUT2D eigenvalue weighted by molar-refractivity contribution is 5.91. The Kier molecular flexibility index (Phi) is 2.93. The van der Waals surface area contributed by atoms with Crippen molar-refractivity contribution >= 4 is 5.91 Å². The number of carbonyl (C=O) groups excluding carboxylic acids is 1. The largest absolute Gasteiger partial charge is 0.289 e. The summed E-state index contributed by atoms with van der Waals surface area (Å²) in [5.41, 5.74) is 3.30. The van der Waals surface area contributed by atoms with Crippen LogP contribution in [0, 0.1) is 0 Å². The van der Waals surface area contributed by atoms with Crippen molar-refractivity contribution in [2.24, 2.45) is 5.84 Å². The van der Waals surface area contributed by atoms with E-state index in [0.29, 0.717) is 6.54 Å². The predicted molar refractivity (Wildman–Crippen MR) is 57.2 cm³/mol. The van der Waals surface area contributed by atoms with Crippen LogP contribution in [0.1, 0.15) is 16.1 Å². The third kappa shape index (κ3) is 2.23. The van der Waals surface area contributed by atoms with Gasteiger partial charge < -0.3 is 0 Å². The molecule has 82 valence electrons. The minimum Gasteiger partial charge on any atom is -0.289 e. The molecule has 0 saturated carbocycles. The van der Waals surface area contributed by atoms with Crippen LogP contribution in [0.25, 0.3) is 0 Å². The molecule has 0 atom stereocenters. The number of nitrogen functional groups attached to an aromatic ring is 1. The van der Waals surface area contributed by atoms with Gasteiger partial charge in [0, 0.05) is 0 Å². The van der Waals surface area contributed by atoms with Crippen LogP contribution >= 0.6 is 0 Å². The topological polar surface area (TPSA) is 85.8 Å². The molecule has 0 aliphatic heterocycles. The van der Waals surface area contributed by atoms with E-state index in [9.17, 15) is 4.79 Å². The van der Waals surface area contributed by atoms with E-state index in [1.54, 1.807) is 10.9 Å². The quantitative estimate of drug-likeness (QED) is 0.428. The van der Waals surface area contributed by atoms with Gasteiger partial charge in [0.05, 0.1) is 12.7 Å². The van der Waals surface area contributed by atoms with Gasteiger partial charge in [-0.1, -0.05) is 35.5 Å². The SMILES string of the molecule is NNC(=O)c1cn(Cc2ccccc2)nn1. The van der Waals surface area contributed by atoms with Crippen LogP contribution in [0.2, 0.25) is 0 Å². The summed E-state index contributed by atoms with van der Waals surface area (Å²) in [6.45, 7) is 0.575. The van der Waals surface area contributed by atoms with Gasteiger partial charge in [0.15, 0.2) is 5.69 Å². The molecule has 0 aliphatic rings. The maximum absolute atomic E-state index is 11.1. The van der Waals surface area contributed by atoms with Crippen LogP contribution in [0.3, 0.4) is 0 Å². The van der Waals surface area contributed by atoms with E-state index >= 15 is 0 Å². The molecule has 0 fully saturated rings. The fourth-order valence-corrected chi connectivity index (χ4v) is 1.32. The molecule has 16 heavy (non-hydrogen) atoms. The lowest BCUT2D eigenvalue weighted by molar-refractivity contribution is 0.0948. The lowest BCUT2D eigenvalue weighted by atomic mass is 10.2. The number of aromatic nitrogens is 3. The Balaban J connectivity index is 2.12. The molecule has 2 aromatic rings. The first-order valence-corrected chi connectivity index (χ1v) is 4.74. The van der Waals surface area contributed by atoms with E-state index in [-0.39, 0.29) is 5.69 Å². The molecule has 1 amide bonds. The molecule has 2 rings (SSSR count). The maximum atomic E-state index is 11.1. The molecule has 3 N–H and O–H groups in total. The zero-order valence-corrected chi connectivity index (χ0v) is 8.50. The van der Waals surface area contributed by atoms with Crippen molar-refractivity contribution in [3.05, 3.63) is 47.8 Å². The fourth-order valence-electron chi connectivity index (χ4n) is 1.32. The lowest BCUT2D eigenvalue weighted by Crippen LogP contribution is -2.30. The molecule has 1 heterocycles. The van der Waals surface area contributed by atoms with Crippen LogP contribution in [-0.4, -0.2) is 20.9 Å². The minimum atomic E-state index is -0.445. The molecule has 0 unspecified atom stereocenters. The third-order valence-electron chi connectivity index (χ3n) is 2.09. The normalized spacial score (nSPS) is 10.1. The molecule has 1 aromatic heterocycles. The average Bonchev–Trinajstić information content (AvgIpc) is 2.78. The molecular weight excluding hydrogens is 206 g/mol. The highest BCUT2D eigenvalue weighted by Crippen LogP contribution is 2.01. The highest BCUT2D eigenvalue weighted by Gasteiger charge is 2.08. The Hall–Kier alpha value is -2.21. The summed E-state index contributed by atoms with van der Waals surface area (Å²) in [4.78, 5) is 11.1. The molecule has 1 aromatic carbocycles.